The van der Waals surface area contributed by atoms with E-state index in [1.807, 2.05) is 60.7 Å². The van der Waals surface area contributed by atoms with Gasteiger partial charge >= 0.3 is 0 Å². The second-order valence-electron chi connectivity index (χ2n) is 12.8. The Morgan fingerprint density at radius 2 is 0.922 bits per heavy atom. The van der Waals surface area contributed by atoms with Crippen molar-refractivity contribution in [2.24, 2.45) is 0 Å². The van der Waals surface area contributed by atoms with Crippen molar-refractivity contribution in [1.29, 1.82) is 0 Å². The van der Waals surface area contributed by atoms with Crippen molar-refractivity contribution in [3.8, 4) is 56.4 Å². The highest BCUT2D eigenvalue weighted by Gasteiger charge is 2.20. The van der Waals surface area contributed by atoms with Gasteiger partial charge in [0, 0.05) is 32.8 Å². The van der Waals surface area contributed by atoms with Gasteiger partial charge in [-0.3, -0.25) is 0 Å². The molecule has 0 fully saturated rings. The van der Waals surface area contributed by atoms with Crippen LogP contribution in [0.5, 0.6) is 0 Å². The summed E-state index contributed by atoms with van der Waals surface area (Å²) >= 11 is 0. The molecule has 0 saturated heterocycles. The van der Waals surface area contributed by atoms with Gasteiger partial charge in [0.15, 0.2) is 17.5 Å². The summed E-state index contributed by atoms with van der Waals surface area (Å²) in [5.74, 6) is 1.88. The van der Waals surface area contributed by atoms with Crippen molar-refractivity contribution in [2.75, 3.05) is 0 Å². The molecule has 4 heteroatoms. The molecule has 0 aliphatic heterocycles. The summed E-state index contributed by atoms with van der Waals surface area (Å²) in [6, 6.07) is 61.1. The number of hydrogen-bond donors (Lipinski definition) is 0. The monoisotopic (exact) mass is 651 g/mol. The van der Waals surface area contributed by atoms with Crippen LogP contribution in [0.15, 0.2) is 180 Å². The first-order valence-electron chi connectivity index (χ1n) is 17.1. The second kappa shape index (κ2) is 11.9. The van der Waals surface area contributed by atoms with Crippen molar-refractivity contribution in [3.63, 3.8) is 0 Å². The minimum atomic E-state index is 0.618. The zero-order valence-electron chi connectivity index (χ0n) is 27.5. The van der Waals surface area contributed by atoms with E-state index in [1.54, 1.807) is 0 Å². The van der Waals surface area contributed by atoms with Gasteiger partial charge in [0.2, 0.25) is 0 Å². The highest BCUT2D eigenvalue weighted by atomic mass is 16.3. The number of furan rings is 1. The van der Waals surface area contributed by atoms with Gasteiger partial charge in [-0.2, -0.15) is 0 Å². The van der Waals surface area contributed by atoms with E-state index in [1.165, 1.54) is 21.9 Å². The summed E-state index contributed by atoms with van der Waals surface area (Å²) < 4.78 is 6.69. The Balaban J connectivity index is 1.17. The van der Waals surface area contributed by atoms with E-state index < -0.39 is 0 Å². The molecule has 0 unspecified atom stereocenters. The van der Waals surface area contributed by atoms with Gasteiger partial charge in [-0.05, 0) is 56.6 Å². The van der Waals surface area contributed by atoms with Crippen molar-refractivity contribution in [3.05, 3.63) is 176 Å². The summed E-state index contributed by atoms with van der Waals surface area (Å²) in [5.41, 5.74) is 9.12. The highest BCUT2D eigenvalue weighted by Crippen LogP contribution is 2.43. The first kappa shape index (κ1) is 29.0. The number of nitrogens with zero attached hydrogens (tertiary/aromatic N) is 3. The Morgan fingerprint density at radius 3 is 1.65 bits per heavy atom. The maximum Gasteiger partial charge on any atom is 0.164 e. The lowest BCUT2D eigenvalue weighted by Crippen LogP contribution is -2.00. The van der Waals surface area contributed by atoms with Crippen LogP contribution >= 0.6 is 0 Å². The molecule has 0 saturated carbocycles. The number of fused-ring (bicyclic) bond motifs is 6. The maximum atomic E-state index is 6.69. The minimum Gasteiger partial charge on any atom is -0.455 e. The van der Waals surface area contributed by atoms with Gasteiger partial charge in [0.25, 0.3) is 0 Å². The van der Waals surface area contributed by atoms with Crippen LogP contribution in [-0.2, 0) is 0 Å². The van der Waals surface area contributed by atoms with Gasteiger partial charge in [0.05, 0.1) is 0 Å². The van der Waals surface area contributed by atoms with Crippen molar-refractivity contribution < 1.29 is 4.42 Å². The van der Waals surface area contributed by atoms with Crippen molar-refractivity contribution >= 4 is 43.5 Å². The van der Waals surface area contributed by atoms with E-state index in [9.17, 15) is 0 Å². The molecule has 10 aromatic rings. The van der Waals surface area contributed by atoms with Gasteiger partial charge in [0.1, 0.15) is 11.2 Å². The Bertz CT molecular complexity index is 2840. The number of rotatable bonds is 5. The molecule has 0 bridgehead atoms. The Morgan fingerprint density at radius 1 is 0.333 bits per heavy atom. The van der Waals surface area contributed by atoms with Crippen LogP contribution in [0.4, 0.5) is 0 Å². The molecule has 0 atom stereocenters. The molecule has 0 aliphatic rings. The fourth-order valence-corrected chi connectivity index (χ4v) is 7.21. The normalized spacial score (nSPS) is 11.5. The third kappa shape index (κ3) is 5.04. The van der Waals surface area contributed by atoms with Gasteiger partial charge in [-0.25, -0.2) is 15.0 Å². The zero-order valence-corrected chi connectivity index (χ0v) is 27.5. The summed E-state index contributed by atoms with van der Waals surface area (Å²) in [5, 5.41) is 6.61. The topological polar surface area (TPSA) is 51.8 Å². The molecule has 51 heavy (non-hydrogen) atoms. The van der Waals surface area contributed by atoms with Crippen LogP contribution in [-0.4, -0.2) is 15.0 Å². The zero-order chi connectivity index (χ0) is 33.7. The minimum absolute atomic E-state index is 0.618. The lowest BCUT2D eigenvalue weighted by atomic mass is 9.94. The Hall–Kier alpha value is -6.91. The van der Waals surface area contributed by atoms with Crippen LogP contribution in [0.3, 0.4) is 0 Å². The van der Waals surface area contributed by atoms with E-state index in [2.05, 4.69) is 115 Å². The summed E-state index contributed by atoms with van der Waals surface area (Å²) in [7, 11) is 0. The lowest BCUT2D eigenvalue weighted by molar-refractivity contribution is 0.673. The fourth-order valence-electron chi connectivity index (χ4n) is 7.21. The first-order valence-corrected chi connectivity index (χ1v) is 17.1. The summed E-state index contributed by atoms with van der Waals surface area (Å²) in [4.78, 5) is 15.2. The summed E-state index contributed by atoms with van der Waals surface area (Å²) in [6.45, 7) is 0. The number of hydrogen-bond acceptors (Lipinski definition) is 4. The molecule has 238 valence electrons. The molecule has 0 N–H and O–H groups in total. The van der Waals surface area contributed by atoms with Crippen LogP contribution in [0.2, 0.25) is 0 Å². The van der Waals surface area contributed by atoms with Gasteiger partial charge in [-0.1, -0.05) is 158 Å². The maximum absolute atomic E-state index is 6.69. The smallest absolute Gasteiger partial charge is 0.164 e. The van der Waals surface area contributed by atoms with Crippen LogP contribution < -0.4 is 0 Å². The van der Waals surface area contributed by atoms with Crippen molar-refractivity contribution in [1.82, 2.24) is 15.0 Å². The molecule has 0 radical (unpaired) electrons. The SMILES string of the molecule is c1ccc(-c2nc(-c3ccccc3)nc(-c3cc4c(oc5cccc(-c6ccc(-c7ccc8ccccc8c7)cc6)c54)c4ccccc34)n2)cc1. The largest absolute Gasteiger partial charge is 0.455 e. The van der Waals surface area contributed by atoms with Crippen LogP contribution in [0, 0.1) is 0 Å². The quantitative estimate of drug-likeness (QED) is 0.186. The van der Waals surface area contributed by atoms with E-state index in [4.69, 9.17) is 19.4 Å². The van der Waals surface area contributed by atoms with E-state index in [0.717, 1.165) is 60.5 Å². The first-order chi connectivity index (χ1) is 25.3. The Kier molecular flexibility index (Phi) is 6.78. The predicted molar refractivity (Wildman–Crippen MR) is 209 cm³/mol. The third-order valence-electron chi connectivity index (χ3n) is 9.72. The average Bonchev–Trinajstić information content (AvgIpc) is 3.60. The Labute approximate surface area is 294 Å². The molecule has 2 heterocycles. The lowest BCUT2D eigenvalue weighted by Gasteiger charge is -2.11. The second-order valence-corrected chi connectivity index (χ2v) is 12.8. The van der Waals surface area contributed by atoms with Crippen LogP contribution in [0.25, 0.3) is 99.9 Å². The molecule has 0 amide bonds. The van der Waals surface area contributed by atoms with Crippen LogP contribution in [0.1, 0.15) is 0 Å². The summed E-state index contributed by atoms with van der Waals surface area (Å²) in [6.07, 6.45) is 0. The molecule has 0 spiro atoms. The van der Waals surface area contributed by atoms with E-state index >= 15 is 0 Å². The molecule has 0 aliphatic carbocycles. The molecule has 8 aromatic carbocycles. The van der Waals surface area contributed by atoms with Crippen molar-refractivity contribution in [2.45, 2.75) is 0 Å². The molecule has 10 rings (SSSR count). The predicted octanol–water partition coefficient (Wildman–Crippen LogP) is 12.4. The molecule has 2 aromatic heterocycles. The van der Waals surface area contributed by atoms with Gasteiger partial charge in [-0.15, -0.1) is 0 Å². The standard InChI is InChI=1S/C47H29N3O/c1-3-13-33(14-4-1)45-48-46(34-15-5-2-6-16-34)50-47(49-45)40-29-41-43-37(20-11-21-42(43)51-44(41)39-19-10-9-18-38(39)40)32-25-22-31(23-26-32)36-27-24-30-12-7-8-17-35(30)28-36/h1-29H. The van der Waals surface area contributed by atoms with Gasteiger partial charge < -0.3 is 4.42 Å². The molecular weight excluding hydrogens is 623 g/mol. The number of aromatic nitrogens is 3. The third-order valence-corrected chi connectivity index (χ3v) is 9.72. The molecule has 4 nitrogen and oxygen atoms in total. The number of benzene rings is 8. The van der Waals surface area contributed by atoms with E-state index in [0.29, 0.717) is 17.5 Å². The average molecular weight is 652 g/mol. The molecular formula is C47H29N3O. The van der Waals surface area contributed by atoms with E-state index in [-0.39, 0.29) is 0 Å². The highest BCUT2D eigenvalue weighted by molar-refractivity contribution is 6.22. The fraction of sp³-hybridized carbons (Fsp3) is 0.